The third-order valence-corrected chi connectivity index (χ3v) is 4.52. The number of fused-ring (bicyclic) bond motifs is 1. The number of nitrogens with zero attached hydrogens (tertiary/aromatic N) is 1. The van der Waals surface area contributed by atoms with Gasteiger partial charge in [-0.05, 0) is 52.4 Å². The molecule has 1 N–H and O–H groups in total. The summed E-state index contributed by atoms with van der Waals surface area (Å²) in [6.45, 7) is 5.27. The molecule has 0 aliphatic heterocycles. The zero-order valence-corrected chi connectivity index (χ0v) is 12.6. The Morgan fingerprint density at radius 3 is 2.85 bits per heavy atom. The van der Waals surface area contributed by atoms with Crippen LogP contribution in [0.4, 0.5) is 0 Å². The maximum atomic E-state index is 4.29. The highest BCUT2D eigenvalue weighted by Crippen LogP contribution is 2.31. The molecular weight excluding hydrogens is 264 g/mol. The predicted octanol–water partition coefficient (Wildman–Crippen LogP) is 4.30. The van der Waals surface area contributed by atoms with E-state index < -0.39 is 0 Å². The summed E-state index contributed by atoms with van der Waals surface area (Å²) in [5, 5.41) is 10.5. The van der Waals surface area contributed by atoms with E-state index in [-0.39, 0.29) is 6.04 Å². The van der Waals surface area contributed by atoms with Crippen molar-refractivity contribution < 1.29 is 0 Å². The van der Waals surface area contributed by atoms with Crippen molar-refractivity contribution in [3.63, 3.8) is 0 Å². The highest BCUT2D eigenvalue weighted by molar-refractivity contribution is 7.08. The summed E-state index contributed by atoms with van der Waals surface area (Å²) in [4.78, 5) is 4.29. The van der Waals surface area contributed by atoms with Crippen LogP contribution in [-0.2, 0) is 0 Å². The number of nitrogens with one attached hydrogen (secondary N) is 1. The van der Waals surface area contributed by atoms with Crippen molar-refractivity contribution in [1.29, 1.82) is 0 Å². The van der Waals surface area contributed by atoms with Crippen LogP contribution in [0.5, 0.6) is 0 Å². The number of aryl methyl sites for hydroxylation is 1. The molecule has 1 aromatic carbocycles. The van der Waals surface area contributed by atoms with E-state index in [1.807, 2.05) is 12.4 Å². The number of hydrogen-bond acceptors (Lipinski definition) is 3. The minimum atomic E-state index is 0.235. The molecule has 2 aromatic heterocycles. The van der Waals surface area contributed by atoms with Crippen molar-refractivity contribution in [1.82, 2.24) is 10.3 Å². The fraction of sp³-hybridized carbons (Fsp3) is 0.235. The Morgan fingerprint density at radius 2 is 2.10 bits per heavy atom. The molecule has 0 saturated carbocycles. The van der Waals surface area contributed by atoms with Crippen molar-refractivity contribution in [2.45, 2.75) is 19.9 Å². The van der Waals surface area contributed by atoms with E-state index in [0.717, 1.165) is 6.54 Å². The molecule has 3 rings (SSSR count). The van der Waals surface area contributed by atoms with Gasteiger partial charge in [0.1, 0.15) is 0 Å². The monoisotopic (exact) mass is 282 g/mol. The molecule has 102 valence electrons. The van der Waals surface area contributed by atoms with Crippen LogP contribution in [0, 0.1) is 6.92 Å². The van der Waals surface area contributed by atoms with Gasteiger partial charge in [-0.1, -0.05) is 25.1 Å². The molecule has 1 unspecified atom stereocenters. The Bertz CT molecular complexity index is 712. The Morgan fingerprint density at radius 1 is 1.20 bits per heavy atom. The molecule has 0 saturated heterocycles. The van der Waals surface area contributed by atoms with Crippen LogP contribution in [0.1, 0.15) is 29.7 Å². The average molecular weight is 282 g/mol. The van der Waals surface area contributed by atoms with Gasteiger partial charge in [-0.15, -0.1) is 0 Å². The normalized spacial score (nSPS) is 12.7. The zero-order valence-electron chi connectivity index (χ0n) is 11.8. The molecule has 0 radical (unpaired) electrons. The first-order valence-electron chi connectivity index (χ1n) is 6.90. The maximum Gasteiger partial charge on any atom is 0.0594 e. The summed E-state index contributed by atoms with van der Waals surface area (Å²) in [5.41, 5.74) is 4.02. The largest absolute Gasteiger partial charge is 0.306 e. The Kier molecular flexibility index (Phi) is 3.81. The van der Waals surface area contributed by atoms with Gasteiger partial charge in [0.2, 0.25) is 0 Å². The molecular formula is C17H18N2S. The Labute approximate surface area is 123 Å². The summed E-state index contributed by atoms with van der Waals surface area (Å²) >= 11 is 1.76. The molecule has 2 heterocycles. The lowest BCUT2D eigenvalue weighted by atomic mass is 9.94. The van der Waals surface area contributed by atoms with Gasteiger partial charge in [-0.25, -0.2) is 0 Å². The number of benzene rings is 1. The Hall–Kier alpha value is -1.71. The summed E-state index contributed by atoms with van der Waals surface area (Å²) in [6, 6.07) is 8.78. The number of hydrogen-bond donors (Lipinski definition) is 1. The second kappa shape index (κ2) is 5.73. The second-order valence-electron chi connectivity index (χ2n) is 4.94. The van der Waals surface area contributed by atoms with Crippen LogP contribution in [0.25, 0.3) is 10.8 Å². The van der Waals surface area contributed by atoms with Crippen molar-refractivity contribution >= 4 is 22.1 Å². The number of aromatic nitrogens is 1. The van der Waals surface area contributed by atoms with Gasteiger partial charge < -0.3 is 5.32 Å². The average Bonchev–Trinajstić information content (AvgIpc) is 2.90. The first kappa shape index (κ1) is 13.3. The minimum absolute atomic E-state index is 0.235. The van der Waals surface area contributed by atoms with Crippen LogP contribution < -0.4 is 5.32 Å². The van der Waals surface area contributed by atoms with Gasteiger partial charge in [0.15, 0.2) is 0 Å². The SMILES string of the molecule is CCNC(c1cscc1C)c1cccc2ccncc12. The van der Waals surface area contributed by atoms with Crippen LogP contribution >= 0.6 is 11.3 Å². The Balaban J connectivity index is 2.17. The topological polar surface area (TPSA) is 24.9 Å². The van der Waals surface area contributed by atoms with Gasteiger partial charge in [0, 0.05) is 17.8 Å². The highest BCUT2D eigenvalue weighted by Gasteiger charge is 2.18. The molecule has 0 bridgehead atoms. The lowest BCUT2D eigenvalue weighted by Gasteiger charge is -2.20. The van der Waals surface area contributed by atoms with E-state index in [9.17, 15) is 0 Å². The summed E-state index contributed by atoms with van der Waals surface area (Å²) < 4.78 is 0. The first-order valence-corrected chi connectivity index (χ1v) is 7.84. The summed E-state index contributed by atoms with van der Waals surface area (Å²) in [5.74, 6) is 0. The quantitative estimate of drug-likeness (QED) is 0.771. The molecule has 2 nitrogen and oxygen atoms in total. The lowest BCUT2D eigenvalue weighted by molar-refractivity contribution is 0.633. The van der Waals surface area contributed by atoms with Gasteiger partial charge in [0.05, 0.1) is 6.04 Å². The third-order valence-electron chi connectivity index (χ3n) is 3.64. The molecule has 1 atom stereocenters. The first-order chi connectivity index (χ1) is 9.81. The smallest absolute Gasteiger partial charge is 0.0594 e. The van der Waals surface area contributed by atoms with Crippen molar-refractivity contribution in [3.05, 3.63) is 64.1 Å². The predicted molar refractivity (Wildman–Crippen MR) is 86.3 cm³/mol. The third kappa shape index (κ3) is 2.35. The fourth-order valence-electron chi connectivity index (χ4n) is 2.65. The molecule has 3 heteroatoms. The lowest BCUT2D eigenvalue weighted by Crippen LogP contribution is -2.22. The molecule has 0 aliphatic rings. The van der Waals surface area contributed by atoms with Crippen molar-refractivity contribution in [2.75, 3.05) is 6.54 Å². The number of pyridine rings is 1. The summed E-state index contributed by atoms with van der Waals surface area (Å²) in [6.07, 6.45) is 3.82. The summed E-state index contributed by atoms with van der Waals surface area (Å²) in [7, 11) is 0. The molecule has 20 heavy (non-hydrogen) atoms. The second-order valence-corrected chi connectivity index (χ2v) is 5.69. The fourth-order valence-corrected chi connectivity index (χ4v) is 3.52. The van der Waals surface area contributed by atoms with Crippen LogP contribution in [0.3, 0.4) is 0 Å². The molecule has 0 aliphatic carbocycles. The van der Waals surface area contributed by atoms with Gasteiger partial charge in [0.25, 0.3) is 0 Å². The maximum absolute atomic E-state index is 4.29. The standard InChI is InChI=1S/C17H18N2S/c1-3-19-17(16-11-20-10-12(16)2)14-6-4-5-13-7-8-18-9-15(13)14/h4-11,17,19H,3H2,1-2H3. The van der Waals surface area contributed by atoms with E-state index in [1.165, 1.54) is 27.5 Å². The van der Waals surface area contributed by atoms with E-state index in [4.69, 9.17) is 0 Å². The van der Waals surface area contributed by atoms with E-state index in [2.05, 4.69) is 59.2 Å². The van der Waals surface area contributed by atoms with Gasteiger partial charge >= 0.3 is 0 Å². The van der Waals surface area contributed by atoms with E-state index >= 15 is 0 Å². The molecule has 3 aromatic rings. The van der Waals surface area contributed by atoms with E-state index in [1.54, 1.807) is 11.3 Å². The zero-order chi connectivity index (χ0) is 13.9. The number of thiophene rings is 1. The minimum Gasteiger partial charge on any atom is -0.306 e. The van der Waals surface area contributed by atoms with Crippen LogP contribution in [-0.4, -0.2) is 11.5 Å². The van der Waals surface area contributed by atoms with Crippen LogP contribution in [0.2, 0.25) is 0 Å². The van der Waals surface area contributed by atoms with Crippen LogP contribution in [0.15, 0.2) is 47.4 Å². The van der Waals surface area contributed by atoms with Gasteiger partial charge in [-0.2, -0.15) is 11.3 Å². The molecule has 0 fully saturated rings. The van der Waals surface area contributed by atoms with Gasteiger partial charge in [-0.3, -0.25) is 4.98 Å². The highest BCUT2D eigenvalue weighted by atomic mass is 32.1. The number of rotatable bonds is 4. The van der Waals surface area contributed by atoms with Crippen molar-refractivity contribution in [2.24, 2.45) is 0 Å². The van der Waals surface area contributed by atoms with E-state index in [0.29, 0.717) is 0 Å². The molecule has 0 amide bonds. The van der Waals surface area contributed by atoms with Crippen molar-refractivity contribution in [3.8, 4) is 0 Å². The molecule has 0 spiro atoms.